The van der Waals surface area contributed by atoms with E-state index in [0.717, 1.165) is 36.4 Å². The second-order valence-corrected chi connectivity index (χ2v) is 7.73. The molecule has 0 amide bonds. The van der Waals surface area contributed by atoms with Gasteiger partial charge in [-0.2, -0.15) is 0 Å². The summed E-state index contributed by atoms with van der Waals surface area (Å²) < 4.78 is 10.8. The number of aliphatic hydroxyl groups is 3. The molecule has 6 heteroatoms. The fourth-order valence-electron chi connectivity index (χ4n) is 3.86. The Hall–Kier alpha value is -2.12. The Balaban J connectivity index is 1.64. The standard InChI is InChI=1S/C23H31NO5/c1-15(23(27)17-6-4-16(14-25)5-7-17)20(26)13-24-9-8-18-10-21(28-2)22(29-3)11-19(18)12-24/h4-7,10-11,15,20,23,25-27H,8-9,12-14H2,1-3H3/t15-,20+,23+/m1/s1. The first-order chi connectivity index (χ1) is 14.0. The SMILES string of the molecule is COc1cc2c(cc1OC)CN(C[C@H](O)[C@@H](C)[C@H](O)c1ccc(CO)cc1)CC2. The molecule has 0 unspecified atom stereocenters. The predicted molar refractivity (Wildman–Crippen MR) is 111 cm³/mol. The predicted octanol–water partition coefficient (Wildman–Crippen LogP) is 2.28. The Morgan fingerprint density at radius 2 is 1.62 bits per heavy atom. The first-order valence-electron chi connectivity index (χ1n) is 9.98. The van der Waals surface area contributed by atoms with E-state index in [4.69, 9.17) is 14.6 Å². The van der Waals surface area contributed by atoms with Crippen LogP contribution in [-0.4, -0.2) is 53.6 Å². The molecule has 0 fully saturated rings. The Kier molecular flexibility index (Phi) is 7.14. The molecule has 0 radical (unpaired) electrons. The topological polar surface area (TPSA) is 82.4 Å². The molecule has 0 bridgehead atoms. The lowest BCUT2D eigenvalue weighted by molar-refractivity contribution is -0.000546. The van der Waals surface area contributed by atoms with E-state index in [2.05, 4.69) is 4.90 Å². The van der Waals surface area contributed by atoms with Crippen LogP contribution in [-0.2, 0) is 19.6 Å². The minimum atomic E-state index is -0.765. The average Bonchev–Trinajstić information content (AvgIpc) is 2.76. The lowest BCUT2D eigenvalue weighted by Crippen LogP contribution is -2.40. The summed E-state index contributed by atoms with van der Waals surface area (Å²) in [5.74, 6) is 1.13. The Morgan fingerprint density at radius 1 is 1.00 bits per heavy atom. The summed E-state index contributed by atoms with van der Waals surface area (Å²) in [4.78, 5) is 2.21. The van der Waals surface area contributed by atoms with E-state index in [1.54, 1.807) is 38.5 Å². The summed E-state index contributed by atoms with van der Waals surface area (Å²) in [7, 11) is 3.27. The van der Waals surface area contributed by atoms with Crippen LogP contribution in [0.5, 0.6) is 11.5 Å². The minimum absolute atomic E-state index is 0.0261. The van der Waals surface area contributed by atoms with Crippen molar-refractivity contribution in [2.24, 2.45) is 5.92 Å². The molecular formula is C23H31NO5. The fraction of sp³-hybridized carbons (Fsp3) is 0.478. The molecule has 2 aromatic carbocycles. The van der Waals surface area contributed by atoms with Gasteiger partial charge < -0.3 is 24.8 Å². The number of methoxy groups -OCH3 is 2. The summed E-state index contributed by atoms with van der Waals surface area (Å²) >= 11 is 0. The highest BCUT2D eigenvalue weighted by atomic mass is 16.5. The smallest absolute Gasteiger partial charge is 0.161 e. The van der Waals surface area contributed by atoms with Crippen LogP contribution in [0.15, 0.2) is 36.4 Å². The molecule has 0 aromatic heterocycles. The number of hydrogen-bond acceptors (Lipinski definition) is 6. The highest BCUT2D eigenvalue weighted by Crippen LogP contribution is 2.33. The van der Waals surface area contributed by atoms with E-state index in [9.17, 15) is 10.2 Å². The van der Waals surface area contributed by atoms with Gasteiger partial charge in [0.25, 0.3) is 0 Å². The first-order valence-corrected chi connectivity index (χ1v) is 9.98. The third-order valence-electron chi connectivity index (χ3n) is 5.85. The van der Waals surface area contributed by atoms with Gasteiger partial charge in [0, 0.05) is 25.6 Å². The number of hydrogen-bond donors (Lipinski definition) is 3. The van der Waals surface area contributed by atoms with Crippen molar-refractivity contribution in [1.82, 2.24) is 4.90 Å². The van der Waals surface area contributed by atoms with Gasteiger partial charge in [-0.15, -0.1) is 0 Å². The lowest BCUT2D eigenvalue weighted by Gasteiger charge is -2.33. The zero-order valence-corrected chi connectivity index (χ0v) is 17.3. The summed E-state index contributed by atoms with van der Waals surface area (Å²) in [6.07, 6.45) is -0.550. The first kappa shape index (κ1) is 21.6. The summed E-state index contributed by atoms with van der Waals surface area (Å²) in [5.41, 5.74) is 3.96. The van der Waals surface area contributed by atoms with Crippen LogP contribution in [0.2, 0.25) is 0 Å². The summed E-state index contributed by atoms with van der Waals surface area (Å²) in [6.45, 7) is 3.89. The number of rotatable bonds is 8. The van der Waals surface area contributed by atoms with Crippen molar-refractivity contribution in [2.45, 2.75) is 38.7 Å². The molecule has 1 heterocycles. The van der Waals surface area contributed by atoms with Gasteiger partial charge >= 0.3 is 0 Å². The van der Waals surface area contributed by atoms with Crippen LogP contribution in [0, 0.1) is 5.92 Å². The van der Waals surface area contributed by atoms with E-state index in [-0.39, 0.29) is 12.5 Å². The van der Waals surface area contributed by atoms with Crippen LogP contribution >= 0.6 is 0 Å². The Bertz CT molecular complexity index is 808. The fourth-order valence-corrected chi connectivity index (χ4v) is 3.86. The van der Waals surface area contributed by atoms with Crippen molar-refractivity contribution >= 4 is 0 Å². The van der Waals surface area contributed by atoms with Gasteiger partial charge in [0.15, 0.2) is 11.5 Å². The number of nitrogens with zero attached hydrogens (tertiary/aromatic N) is 1. The second kappa shape index (κ2) is 9.59. The van der Waals surface area contributed by atoms with Crippen LogP contribution in [0.25, 0.3) is 0 Å². The molecule has 0 spiro atoms. The molecule has 0 saturated carbocycles. The number of fused-ring (bicyclic) bond motifs is 1. The maximum Gasteiger partial charge on any atom is 0.161 e. The largest absolute Gasteiger partial charge is 0.493 e. The highest BCUT2D eigenvalue weighted by molar-refractivity contribution is 5.48. The Morgan fingerprint density at radius 3 is 2.21 bits per heavy atom. The van der Waals surface area contributed by atoms with Crippen molar-refractivity contribution in [1.29, 1.82) is 0 Å². The van der Waals surface area contributed by atoms with E-state index in [1.807, 2.05) is 19.1 Å². The minimum Gasteiger partial charge on any atom is -0.493 e. The van der Waals surface area contributed by atoms with Crippen molar-refractivity contribution in [2.75, 3.05) is 27.3 Å². The maximum atomic E-state index is 10.7. The number of ether oxygens (including phenoxy) is 2. The molecule has 0 aliphatic carbocycles. The third kappa shape index (κ3) is 4.90. The van der Waals surface area contributed by atoms with Crippen molar-refractivity contribution in [3.63, 3.8) is 0 Å². The molecule has 1 aliphatic heterocycles. The van der Waals surface area contributed by atoms with Gasteiger partial charge in [-0.3, -0.25) is 4.90 Å². The zero-order chi connectivity index (χ0) is 21.0. The average molecular weight is 402 g/mol. The summed E-state index contributed by atoms with van der Waals surface area (Å²) in [5, 5.41) is 30.6. The molecule has 6 nitrogen and oxygen atoms in total. The molecule has 3 atom stereocenters. The van der Waals surface area contributed by atoms with E-state index < -0.39 is 12.2 Å². The van der Waals surface area contributed by atoms with Crippen LogP contribution < -0.4 is 9.47 Å². The van der Waals surface area contributed by atoms with Gasteiger partial charge in [0.1, 0.15) is 0 Å². The van der Waals surface area contributed by atoms with Crippen LogP contribution in [0.3, 0.4) is 0 Å². The van der Waals surface area contributed by atoms with Gasteiger partial charge in [-0.1, -0.05) is 31.2 Å². The lowest BCUT2D eigenvalue weighted by atomic mass is 9.91. The normalized spacial score (nSPS) is 17.3. The maximum absolute atomic E-state index is 10.7. The summed E-state index contributed by atoms with van der Waals surface area (Å²) in [6, 6.07) is 11.2. The van der Waals surface area contributed by atoms with Gasteiger partial charge in [0.05, 0.1) is 33.0 Å². The molecule has 2 aromatic rings. The van der Waals surface area contributed by atoms with E-state index in [1.165, 1.54) is 11.1 Å². The number of benzene rings is 2. The van der Waals surface area contributed by atoms with Crippen LogP contribution in [0.1, 0.15) is 35.3 Å². The Labute approximate surface area is 172 Å². The number of aliphatic hydroxyl groups excluding tert-OH is 3. The van der Waals surface area contributed by atoms with Crippen molar-refractivity contribution < 1.29 is 24.8 Å². The third-order valence-corrected chi connectivity index (χ3v) is 5.85. The highest BCUT2D eigenvalue weighted by Gasteiger charge is 2.27. The quantitative estimate of drug-likeness (QED) is 0.630. The molecule has 3 rings (SSSR count). The molecule has 158 valence electrons. The molecule has 1 aliphatic rings. The van der Waals surface area contributed by atoms with Gasteiger partial charge in [-0.25, -0.2) is 0 Å². The monoisotopic (exact) mass is 401 g/mol. The molecule has 3 N–H and O–H groups in total. The van der Waals surface area contributed by atoms with Crippen LogP contribution in [0.4, 0.5) is 0 Å². The zero-order valence-electron chi connectivity index (χ0n) is 17.3. The van der Waals surface area contributed by atoms with Crippen molar-refractivity contribution in [3.05, 3.63) is 58.7 Å². The van der Waals surface area contributed by atoms with E-state index >= 15 is 0 Å². The van der Waals surface area contributed by atoms with Gasteiger partial charge in [-0.05, 0) is 40.8 Å². The molecule has 0 saturated heterocycles. The number of β-amino-alcohol motifs (C(OH)–C–C–N with tert-alkyl or cyclic N) is 1. The molecular weight excluding hydrogens is 370 g/mol. The second-order valence-electron chi connectivity index (χ2n) is 7.73. The van der Waals surface area contributed by atoms with Crippen molar-refractivity contribution in [3.8, 4) is 11.5 Å². The van der Waals surface area contributed by atoms with E-state index in [0.29, 0.717) is 12.3 Å². The van der Waals surface area contributed by atoms with Gasteiger partial charge in [0.2, 0.25) is 0 Å². The molecule has 29 heavy (non-hydrogen) atoms.